The van der Waals surface area contributed by atoms with Crippen LogP contribution in [0.4, 0.5) is 0 Å². The molecule has 0 bridgehead atoms. The first-order valence-corrected chi connectivity index (χ1v) is 6.11. The summed E-state index contributed by atoms with van der Waals surface area (Å²) in [5, 5.41) is 0. The zero-order chi connectivity index (χ0) is 11.9. The molecule has 0 saturated carbocycles. The molecule has 0 aromatic heterocycles. The summed E-state index contributed by atoms with van der Waals surface area (Å²) in [5.41, 5.74) is 6.63. The van der Waals surface area contributed by atoms with Crippen LogP contribution >= 0.6 is 0 Å². The summed E-state index contributed by atoms with van der Waals surface area (Å²) in [6, 6.07) is 8.22. The fourth-order valence-electron chi connectivity index (χ4n) is 1.95. The Morgan fingerprint density at radius 3 is 3.06 bits per heavy atom. The van der Waals surface area contributed by atoms with Crippen LogP contribution < -0.4 is 10.5 Å². The van der Waals surface area contributed by atoms with Gasteiger partial charge in [-0.25, -0.2) is 0 Å². The molecule has 0 spiro atoms. The van der Waals surface area contributed by atoms with Gasteiger partial charge in [-0.3, -0.25) is 4.90 Å². The lowest BCUT2D eigenvalue weighted by atomic mass is 10.2. The maximum absolute atomic E-state index is 5.70. The normalized spacial score (nSPS) is 16.1. The largest absolute Gasteiger partial charge is 0.492 e. The molecular weight excluding hydrogens is 216 g/mol. The molecule has 4 nitrogen and oxygen atoms in total. The summed E-state index contributed by atoms with van der Waals surface area (Å²) in [4.78, 5) is 2.35. The molecule has 0 amide bonds. The highest BCUT2D eigenvalue weighted by molar-refractivity contribution is 5.33. The number of nitrogens with zero attached hydrogens (tertiary/aromatic N) is 1. The monoisotopic (exact) mass is 236 g/mol. The van der Waals surface area contributed by atoms with Crippen LogP contribution in [0.25, 0.3) is 0 Å². The average molecular weight is 236 g/mol. The molecule has 94 valence electrons. The second kappa shape index (κ2) is 6.59. The van der Waals surface area contributed by atoms with E-state index in [0.717, 1.165) is 38.6 Å². The van der Waals surface area contributed by atoms with Crippen LogP contribution in [0.5, 0.6) is 5.75 Å². The third-order valence-electron chi connectivity index (χ3n) is 2.85. The molecule has 1 aliphatic rings. The fourth-order valence-corrected chi connectivity index (χ4v) is 1.95. The van der Waals surface area contributed by atoms with Crippen molar-refractivity contribution in [2.75, 3.05) is 39.5 Å². The van der Waals surface area contributed by atoms with Crippen molar-refractivity contribution in [3.05, 3.63) is 29.8 Å². The average Bonchev–Trinajstić information content (AvgIpc) is 2.56. The molecular formula is C13H20N2O2. The first kappa shape index (κ1) is 12.4. The summed E-state index contributed by atoms with van der Waals surface area (Å²) in [6.45, 7) is 5.51. The van der Waals surface area contributed by atoms with Gasteiger partial charge in [-0.05, 0) is 6.07 Å². The van der Waals surface area contributed by atoms with Gasteiger partial charge in [0.15, 0.2) is 0 Å². The van der Waals surface area contributed by atoms with Gasteiger partial charge in [-0.2, -0.15) is 0 Å². The van der Waals surface area contributed by atoms with Gasteiger partial charge in [0.25, 0.3) is 0 Å². The van der Waals surface area contributed by atoms with E-state index in [-0.39, 0.29) is 0 Å². The quantitative estimate of drug-likeness (QED) is 0.770. The molecule has 1 aromatic rings. The Hall–Kier alpha value is -1.10. The summed E-state index contributed by atoms with van der Waals surface area (Å²) < 4.78 is 11.1. The Morgan fingerprint density at radius 2 is 2.18 bits per heavy atom. The number of hydrogen-bond acceptors (Lipinski definition) is 4. The third kappa shape index (κ3) is 3.70. The lowest BCUT2D eigenvalue weighted by molar-refractivity contribution is 0.104. The topological polar surface area (TPSA) is 47.7 Å². The van der Waals surface area contributed by atoms with E-state index in [4.69, 9.17) is 15.2 Å². The minimum absolute atomic E-state index is 0.589. The second-order valence-electron chi connectivity index (χ2n) is 4.13. The maximum Gasteiger partial charge on any atom is 0.123 e. The summed E-state index contributed by atoms with van der Waals surface area (Å²) in [7, 11) is 0. The molecule has 4 heteroatoms. The number of para-hydroxylation sites is 1. The molecule has 0 saturated heterocycles. The van der Waals surface area contributed by atoms with E-state index < -0.39 is 0 Å². The van der Waals surface area contributed by atoms with E-state index in [1.165, 1.54) is 5.56 Å². The second-order valence-corrected chi connectivity index (χ2v) is 4.13. The number of fused-ring (bicyclic) bond motifs is 1. The van der Waals surface area contributed by atoms with Crippen LogP contribution in [0.1, 0.15) is 5.56 Å². The van der Waals surface area contributed by atoms with Crippen molar-refractivity contribution in [3.63, 3.8) is 0 Å². The molecule has 0 atom stereocenters. The predicted octanol–water partition coefficient (Wildman–Crippen LogP) is 0.856. The molecule has 2 N–H and O–H groups in total. The molecule has 0 fully saturated rings. The van der Waals surface area contributed by atoms with Crippen LogP contribution in [0.3, 0.4) is 0 Å². The van der Waals surface area contributed by atoms with Gasteiger partial charge >= 0.3 is 0 Å². The van der Waals surface area contributed by atoms with Crippen molar-refractivity contribution in [1.82, 2.24) is 4.90 Å². The van der Waals surface area contributed by atoms with Crippen LogP contribution in [0.2, 0.25) is 0 Å². The van der Waals surface area contributed by atoms with E-state index in [1.54, 1.807) is 0 Å². The Bertz CT molecular complexity index is 344. The zero-order valence-corrected chi connectivity index (χ0v) is 10.1. The van der Waals surface area contributed by atoms with E-state index in [1.807, 2.05) is 12.1 Å². The Morgan fingerprint density at radius 1 is 1.29 bits per heavy atom. The predicted molar refractivity (Wildman–Crippen MR) is 67.1 cm³/mol. The van der Waals surface area contributed by atoms with Gasteiger partial charge in [0, 0.05) is 31.7 Å². The fraction of sp³-hybridized carbons (Fsp3) is 0.538. The van der Waals surface area contributed by atoms with Gasteiger partial charge in [-0.1, -0.05) is 18.2 Å². The maximum atomic E-state index is 5.70. The van der Waals surface area contributed by atoms with Gasteiger partial charge in [0.05, 0.1) is 13.2 Å². The van der Waals surface area contributed by atoms with Gasteiger partial charge < -0.3 is 15.2 Å². The van der Waals surface area contributed by atoms with E-state index in [9.17, 15) is 0 Å². The molecule has 0 aliphatic carbocycles. The first-order chi connectivity index (χ1) is 8.40. The molecule has 0 unspecified atom stereocenters. The third-order valence-corrected chi connectivity index (χ3v) is 2.85. The van der Waals surface area contributed by atoms with E-state index in [0.29, 0.717) is 13.2 Å². The van der Waals surface area contributed by atoms with Crippen molar-refractivity contribution in [2.24, 2.45) is 5.73 Å². The molecule has 1 aliphatic heterocycles. The molecule has 0 radical (unpaired) electrons. The first-order valence-electron chi connectivity index (χ1n) is 6.11. The SMILES string of the molecule is NCCOCCN1CCOc2ccccc2C1. The highest BCUT2D eigenvalue weighted by Crippen LogP contribution is 2.21. The number of hydrogen-bond donors (Lipinski definition) is 1. The van der Waals surface area contributed by atoms with Crippen molar-refractivity contribution in [1.29, 1.82) is 0 Å². The van der Waals surface area contributed by atoms with Crippen molar-refractivity contribution < 1.29 is 9.47 Å². The summed E-state index contributed by atoms with van der Waals surface area (Å²) in [6.07, 6.45) is 0. The number of ether oxygens (including phenoxy) is 2. The summed E-state index contributed by atoms with van der Waals surface area (Å²) >= 11 is 0. The number of rotatable bonds is 5. The molecule has 1 aromatic carbocycles. The summed E-state index contributed by atoms with van der Waals surface area (Å²) in [5.74, 6) is 1.01. The van der Waals surface area contributed by atoms with Gasteiger partial charge in [0.2, 0.25) is 0 Å². The highest BCUT2D eigenvalue weighted by atomic mass is 16.5. The zero-order valence-electron chi connectivity index (χ0n) is 10.1. The van der Waals surface area contributed by atoms with Crippen molar-refractivity contribution >= 4 is 0 Å². The lowest BCUT2D eigenvalue weighted by Gasteiger charge is -2.18. The minimum atomic E-state index is 0.589. The Labute approximate surface area is 102 Å². The van der Waals surface area contributed by atoms with Crippen LogP contribution in [-0.4, -0.2) is 44.4 Å². The highest BCUT2D eigenvalue weighted by Gasteiger charge is 2.13. The van der Waals surface area contributed by atoms with Crippen LogP contribution in [-0.2, 0) is 11.3 Å². The van der Waals surface area contributed by atoms with Crippen molar-refractivity contribution in [2.45, 2.75) is 6.54 Å². The smallest absolute Gasteiger partial charge is 0.123 e. The van der Waals surface area contributed by atoms with E-state index in [2.05, 4.69) is 17.0 Å². The molecule has 2 rings (SSSR count). The lowest BCUT2D eigenvalue weighted by Crippen LogP contribution is -2.29. The number of benzene rings is 1. The standard InChI is InChI=1S/C13H20N2O2/c14-5-8-16-9-6-15-7-10-17-13-4-2-1-3-12(13)11-15/h1-4H,5-11,14H2. The Balaban J connectivity index is 1.85. The van der Waals surface area contributed by atoms with Crippen LogP contribution in [0.15, 0.2) is 24.3 Å². The minimum Gasteiger partial charge on any atom is -0.492 e. The van der Waals surface area contributed by atoms with Crippen molar-refractivity contribution in [3.8, 4) is 5.75 Å². The van der Waals surface area contributed by atoms with E-state index >= 15 is 0 Å². The van der Waals surface area contributed by atoms with Gasteiger partial charge in [0.1, 0.15) is 12.4 Å². The Kier molecular flexibility index (Phi) is 4.79. The van der Waals surface area contributed by atoms with Crippen LogP contribution in [0, 0.1) is 0 Å². The number of nitrogens with two attached hydrogens (primary N) is 1. The van der Waals surface area contributed by atoms with Gasteiger partial charge in [-0.15, -0.1) is 0 Å². The molecule has 1 heterocycles. The molecule has 17 heavy (non-hydrogen) atoms.